The first-order valence-electron chi connectivity index (χ1n) is 12.3. The van der Waals surface area contributed by atoms with E-state index < -0.39 is 11.9 Å². The Morgan fingerprint density at radius 3 is 2.19 bits per heavy atom. The highest BCUT2D eigenvalue weighted by atomic mass is 16.4. The number of carboxylic acid groups (broad SMARTS) is 1. The Morgan fingerprint density at radius 1 is 1.00 bits per heavy atom. The predicted molar refractivity (Wildman–Crippen MR) is 151 cm³/mol. The zero-order valence-corrected chi connectivity index (χ0v) is 22.0. The minimum atomic E-state index is -0.841. The maximum absolute atomic E-state index is 11.8. The van der Waals surface area contributed by atoms with Crippen LogP contribution in [0.5, 0.6) is 0 Å². The van der Waals surface area contributed by atoms with Crippen molar-refractivity contribution in [2.75, 3.05) is 0 Å². The smallest absolute Gasteiger partial charge is 0.311 e. The molecule has 1 atom stereocenters. The number of aryl methyl sites for hydroxylation is 2. The SMILES string of the molecule is C=CC/C=C\C=C/CC=C.CC.Cc1cccc(C(Cc2cc(C)nn2-c2ccccn2)C(=O)O)c1. The number of aliphatic carboxylic acids is 1. The normalized spacial score (nSPS) is 11.2. The maximum Gasteiger partial charge on any atom is 0.311 e. The number of hydrogen-bond donors (Lipinski definition) is 1. The van der Waals surface area contributed by atoms with E-state index in [4.69, 9.17) is 0 Å². The first-order valence-corrected chi connectivity index (χ1v) is 12.3. The fraction of sp³-hybridized carbons (Fsp3) is 0.258. The number of carboxylic acids is 1. The number of pyridine rings is 1. The fourth-order valence-corrected chi connectivity index (χ4v) is 3.33. The van der Waals surface area contributed by atoms with Gasteiger partial charge in [0, 0.05) is 18.3 Å². The van der Waals surface area contributed by atoms with Crippen molar-refractivity contribution >= 4 is 5.97 Å². The highest BCUT2D eigenvalue weighted by molar-refractivity contribution is 5.76. The summed E-state index contributed by atoms with van der Waals surface area (Å²) in [7, 11) is 0. The topological polar surface area (TPSA) is 68.0 Å². The van der Waals surface area contributed by atoms with Gasteiger partial charge in [0.05, 0.1) is 11.6 Å². The van der Waals surface area contributed by atoms with E-state index in [1.54, 1.807) is 10.9 Å². The summed E-state index contributed by atoms with van der Waals surface area (Å²) >= 11 is 0. The van der Waals surface area contributed by atoms with Crippen LogP contribution in [0.4, 0.5) is 0 Å². The molecule has 0 radical (unpaired) electrons. The molecule has 0 aliphatic carbocycles. The van der Waals surface area contributed by atoms with Crippen molar-refractivity contribution in [2.45, 2.75) is 52.9 Å². The van der Waals surface area contributed by atoms with Gasteiger partial charge in [0.25, 0.3) is 0 Å². The van der Waals surface area contributed by atoms with E-state index in [0.717, 1.165) is 35.4 Å². The van der Waals surface area contributed by atoms with Gasteiger partial charge in [-0.15, -0.1) is 13.2 Å². The van der Waals surface area contributed by atoms with Crippen LogP contribution in [-0.4, -0.2) is 25.8 Å². The molecular formula is C31H39N3O2. The van der Waals surface area contributed by atoms with Crippen LogP contribution in [-0.2, 0) is 11.2 Å². The molecule has 0 fully saturated rings. The van der Waals surface area contributed by atoms with Crippen LogP contribution >= 0.6 is 0 Å². The van der Waals surface area contributed by atoms with Gasteiger partial charge in [-0.2, -0.15) is 5.10 Å². The summed E-state index contributed by atoms with van der Waals surface area (Å²) in [5.74, 6) is -0.774. The molecule has 1 N–H and O–H groups in total. The summed E-state index contributed by atoms with van der Waals surface area (Å²) in [6.07, 6.45) is 15.9. The first-order chi connectivity index (χ1) is 17.5. The molecule has 2 aromatic heterocycles. The average Bonchev–Trinajstić information content (AvgIpc) is 3.27. The van der Waals surface area contributed by atoms with Gasteiger partial charge in [-0.25, -0.2) is 9.67 Å². The standard InChI is InChI=1S/C19H19N3O2.C10H14.C2H6/c1-13-6-5-7-15(10-13)17(19(23)24)12-16-11-14(2)21-22(16)18-8-3-4-9-20-18;1-3-5-7-9-10-8-6-4-2;1-2/h3-11,17H,12H2,1-2H3,(H,23,24);3-4,7-10H,1-2,5-6H2;1-2H3/b;9-7-,10-8-;. The minimum Gasteiger partial charge on any atom is -0.481 e. The van der Waals surface area contributed by atoms with Crippen LogP contribution < -0.4 is 0 Å². The minimum absolute atomic E-state index is 0.357. The van der Waals surface area contributed by atoms with E-state index in [9.17, 15) is 9.90 Å². The third-order valence-electron chi connectivity index (χ3n) is 4.92. The first kappa shape index (κ1) is 30.0. The second kappa shape index (κ2) is 17.4. The molecule has 0 aliphatic rings. The van der Waals surface area contributed by atoms with Gasteiger partial charge in [-0.1, -0.05) is 86.2 Å². The Balaban J connectivity index is 0.000000458. The molecular weight excluding hydrogens is 446 g/mol. The summed E-state index contributed by atoms with van der Waals surface area (Å²) < 4.78 is 1.72. The van der Waals surface area contributed by atoms with Crippen molar-refractivity contribution in [2.24, 2.45) is 0 Å². The lowest BCUT2D eigenvalue weighted by molar-refractivity contribution is -0.138. The summed E-state index contributed by atoms with van der Waals surface area (Å²) in [5, 5.41) is 14.2. The Hall–Kier alpha value is -3.99. The van der Waals surface area contributed by atoms with Crippen molar-refractivity contribution in [1.82, 2.24) is 14.8 Å². The van der Waals surface area contributed by atoms with E-state index in [-0.39, 0.29) is 0 Å². The van der Waals surface area contributed by atoms with Crippen molar-refractivity contribution in [3.05, 3.63) is 127 Å². The van der Waals surface area contributed by atoms with Gasteiger partial charge in [0.15, 0.2) is 5.82 Å². The Bertz CT molecular complexity index is 1110. The Labute approximate surface area is 216 Å². The van der Waals surface area contributed by atoms with Crippen molar-refractivity contribution in [1.29, 1.82) is 0 Å². The number of hydrogen-bond acceptors (Lipinski definition) is 3. The van der Waals surface area contributed by atoms with Crippen LogP contribution in [0.1, 0.15) is 55.1 Å². The lowest BCUT2D eigenvalue weighted by atomic mass is 9.93. The lowest BCUT2D eigenvalue weighted by Gasteiger charge is -2.14. The number of benzene rings is 1. The van der Waals surface area contributed by atoms with Crippen LogP contribution in [0.2, 0.25) is 0 Å². The molecule has 190 valence electrons. The number of aromatic nitrogens is 3. The van der Waals surface area contributed by atoms with Crippen LogP contribution in [0.3, 0.4) is 0 Å². The number of carbonyl (C=O) groups is 1. The van der Waals surface area contributed by atoms with Gasteiger partial charge in [-0.05, 0) is 50.5 Å². The molecule has 3 aromatic rings. The monoisotopic (exact) mass is 485 g/mol. The van der Waals surface area contributed by atoms with Crippen LogP contribution in [0, 0.1) is 13.8 Å². The van der Waals surface area contributed by atoms with Crippen LogP contribution in [0.25, 0.3) is 5.82 Å². The third-order valence-corrected chi connectivity index (χ3v) is 4.92. The molecule has 0 aliphatic heterocycles. The summed E-state index contributed by atoms with van der Waals surface area (Å²) in [4.78, 5) is 16.1. The van der Waals surface area contributed by atoms with Gasteiger partial charge >= 0.3 is 5.97 Å². The second-order valence-corrected chi connectivity index (χ2v) is 7.79. The zero-order valence-electron chi connectivity index (χ0n) is 22.0. The van der Waals surface area contributed by atoms with E-state index in [2.05, 4.69) is 35.4 Å². The molecule has 5 heteroatoms. The molecule has 1 unspecified atom stereocenters. The Morgan fingerprint density at radius 2 is 1.67 bits per heavy atom. The summed E-state index contributed by atoms with van der Waals surface area (Å²) in [6, 6.07) is 15.1. The quantitative estimate of drug-likeness (QED) is 0.237. The summed E-state index contributed by atoms with van der Waals surface area (Å²) in [5.41, 5.74) is 3.52. The molecule has 0 saturated heterocycles. The van der Waals surface area contributed by atoms with Crippen molar-refractivity contribution in [3.8, 4) is 5.82 Å². The highest BCUT2D eigenvalue weighted by Crippen LogP contribution is 2.24. The maximum atomic E-state index is 11.8. The molecule has 0 saturated carbocycles. The molecule has 2 heterocycles. The van der Waals surface area contributed by atoms with E-state index >= 15 is 0 Å². The van der Waals surface area contributed by atoms with Gasteiger partial charge in [0.2, 0.25) is 0 Å². The average molecular weight is 486 g/mol. The van der Waals surface area contributed by atoms with E-state index in [1.807, 2.05) is 101 Å². The third kappa shape index (κ3) is 10.5. The molecule has 3 rings (SSSR count). The summed E-state index contributed by atoms with van der Waals surface area (Å²) in [6.45, 7) is 15.1. The Kier molecular flexibility index (Phi) is 14.6. The van der Waals surface area contributed by atoms with E-state index in [1.165, 1.54) is 0 Å². The van der Waals surface area contributed by atoms with Gasteiger partial charge in [-0.3, -0.25) is 4.79 Å². The van der Waals surface area contributed by atoms with Gasteiger partial charge < -0.3 is 5.11 Å². The van der Waals surface area contributed by atoms with Crippen molar-refractivity contribution in [3.63, 3.8) is 0 Å². The largest absolute Gasteiger partial charge is 0.481 e. The molecule has 0 bridgehead atoms. The predicted octanol–water partition coefficient (Wildman–Crippen LogP) is 7.57. The van der Waals surface area contributed by atoms with Gasteiger partial charge in [0.1, 0.15) is 0 Å². The zero-order chi connectivity index (χ0) is 26.8. The molecule has 1 aromatic carbocycles. The second-order valence-electron chi connectivity index (χ2n) is 7.79. The number of rotatable bonds is 10. The molecule has 0 spiro atoms. The van der Waals surface area contributed by atoms with E-state index in [0.29, 0.717) is 12.2 Å². The highest BCUT2D eigenvalue weighted by Gasteiger charge is 2.23. The molecule has 5 nitrogen and oxygen atoms in total. The fourth-order valence-electron chi connectivity index (χ4n) is 3.33. The number of nitrogens with zero attached hydrogens (tertiary/aromatic N) is 3. The molecule has 36 heavy (non-hydrogen) atoms. The lowest BCUT2D eigenvalue weighted by Crippen LogP contribution is -2.17. The molecule has 0 amide bonds. The van der Waals surface area contributed by atoms with Crippen LogP contribution in [0.15, 0.2) is 104 Å². The number of allylic oxidation sites excluding steroid dienone is 6. The van der Waals surface area contributed by atoms with Crippen molar-refractivity contribution < 1.29 is 9.90 Å².